The Bertz CT molecular complexity index is 407. The summed E-state index contributed by atoms with van der Waals surface area (Å²) in [6.45, 7) is 2.60. The minimum atomic E-state index is -0.772. The second-order valence-electron chi connectivity index (χ2n) is 4.10. The number of carboxylic acid groups (broad SMARTS) is 1. The van der Waals surface area contributed by atoms with Gasteiger partial charge in [-0.3, -0.25) is 10.1 Å². The number of ether oxygens (including phenoxy) is 1. The SMILES string of the molecule is CCOc1ccc(C2NC(C(=O)O)CCS2)cc1. The highest BCUT2D eigenvalue weighted by molar-refractivity contribution is 7.99. The first-order chi connectivity index (χ1) is 8.70. The van der Waals surface area contributed by atoms with E-state index in [9.17, 15) is 4.79 Å². The van der Waals surface area contributed by atoms with Crippen molar-refractivity contribution in [2.45, 2.75) is 24.8 Å². The van der Waals surface area contributed by atoms with Crippen LogP contribution in [0.3, 0.4) is 0 Å². The Kier molecular flexibility index (Phi) is 4.49. The molecule has 0 spiro atoms. The predicted octanol–water partition coefficient (Wildman–Crippen LogP) is 2.26. The molecule has 0 radical (unpaired) electrons. The summed E-state index contributed by atoms with van der Waals surface area (Å²) in [7, 11) is 0. The molecule has 18 heavy (non-hydrogen) atoms. The largest absolute Gasteiger partial charge is 0.494 e. The Morgan fingerprint density at radius 2 is 2.22 bits per heavy atom. The van der Waals surface area contributed by atoms with E-state index in [0.717, 1.165) is 17.1 Å². The van der Waals surface area contributed by atoms with Gasteiger partial charge < -0.3 is 9.84 Å². The predicted molar refractivity (Wildman–Crippen MR) is 72.0 cm³/mol. The van der Waals surface area contributed by atoms with E-state index < -0.39 is 12.0 Å². The number of carboxylic acids is 1. The summed E-state index contributed by atoms with van der Waals surface area (Å²) in [5.74, 6) is 0.935. The smallest absolute Gasteiger partial charge is 0.320 e. The lowest BCUT2D eigenvalue weighted by molar-refractivity contribution is -0.139. The molecular weight excluding hydrogens is 250 g/mol. The average molecular weight is 267 g/mol. The summed E-state index contributed by atoms with van der Waals surface area (Å²) in [6.07, 6.45) is 0.674. The topological polar surface area (TPSA) is 58.6 Å². The highest BCUT2D eigenvalue weighted by Crippen LogP contribution is 2.32. The summed E-state index contributed by atoms with van der Waals surface area (Å²) >= 11 is 1.74. The summed E-state index contributed by atoms with van der Waals surface area (Å²) in [5.41, 5.74) is 1.09. The fourth-order valence-corrected chi connectivity index (χ4v) is 3.13. The highest BCUT2D eigenvalue weighted by Gasteiger charge is 2.27. The number of carbonyl (C=O) groups is 1. The number of thioether (sulfide) groups is 1. The second-order valence-corrected chi connectivity index (χ2v) is 5.31. The molecule has 98 valence electrons. The van der Waals surface area contributed by atoms with E-state index in [1.54, 1.807) is 11.8 Å². The monoisotopic (exact) mass is 267 g/mol. The minimum Gasteiger partial charge on any atom is -0.494 e. The zero-order valence-electron chi connectivity index (χ0n) is 10.3. The van der Waals surface area contributed by atoms with Crippen LogP contribution in [-0.4, -0.2) is 29.5 Å². The van der Waals surface area contributed by atoms with Crippen LogP contribution in [0, 0.1) is 0 Å². The van der Waals surface area contributed by atoms with Crippen LogP contribution in [0.15, 0.2) is 24.3 Å². The summed E-state index contributed by atoms with van der Waals surface area (Å²) in [6, 6.07) is 7.37. The van der Waals surface area contributed by atoms with Crippen LogP contribution < -0.4 is 10.1 Å². The van der Waals surface area contributed by atoms with Gasteiger partial charge in [0.25, 0.3) is 0 Å². The van der Waals surface area contributed by atoms with E-state index in [2.05, 4.69) is 5.32 Å². The maximum Gasteiger partial charge on any atom is 0.320 e. The van der Waals surface area contributed by atoms with Crippen molar-refractivity contribution in [1.82, 2.24) is 5.32 Å². The van der Waals surface area contributed by atoms with Crippen LogP contribution in [0.5, 0.6) is 5.75 Å². The summed E-state index contributed by atoms with van der Waals surface area (Å²) < 4.78 is 5.39. The van der Waals surface area contributed by atoms with Crippen molar-refractivity contribution >= 4 is 17.7 Å². The minimum absolute atomic E-state index is 0.0514. The molecule has 0 saturated carbocycles. The molecule has 0 amide bonds. The normalized spacial score (nSPS) is 23.6. The third-order valence-electron chi connectivity index (χ3n) is 2.84. The van der Waals surface area contributed by atoms with Crippen LogP contribution in [0.4, 0.5) is 0 Å². The Morgan fingerprint density at radius 3 is 2.83 bits per heavy atom. The van der Waals surface area contributed by atoms with Gasteiger partial charge in [-0.25, -0.2) is 0 Å². The van der Waals surface area contributed by atoms with Gasteiger partial charge in [0.2, 0.25) is 0 Å². The second kappa shape index (κ2) is 6.11. The molecule has 1 saturated heterocycles. The van der Waals surface area contributed by atoms with E-state index in [0.29, 0.717) is 13.0 Å². The number of hydrogen-bond acceptors (Lipinski definition) is 4. The first kappa shape index (κ1) is 13.2. The molecule has 4 nitrogen and oxygen atoms in total. The van der Waals surface area contributed by atoms with Gasteiger partial charge in [-0.1, -0.05) is 12.1 Å². The lowest BCUT2D eigenvalue weighted by Crippen LogP contribution is -2.41. The van der Waals surface area contributed by atoms with Gasteiger partial charge in [0.05, 0.1) is 12.0 Å². The number of rotatable bonds is 4. The number of aliphatic carboxylic acids is 1. The maximum absolute atomic E-state index is 11.0. The highest BCUT2D eigenvalue weighted by atomic mass is 32.2. The molecular formula is C13H17NO3S. The first-order valence-corrected chi connectivity index (χ1v) is 7.09. The van der Waals surface area contributed by atoms with E-state index in [1.807, 2.05) is 31.2 Å². The lowest BCUT2D eigenvalue weighted by atomic mass is 10.1. The van der Waals surface area contributed by atoms with Crippen molar-refractivity contribution in [2.75, 3.05) is 12.4 Å². The van der Waals surface area contributed by atoms with Crippen molar-refractivity contribution in [3.63, 3.8) is 0 Å². The molecule has 2 unspecified atom stereocenters. The van der Waals surface area contributed by atoms with Crippen molar-refractivity contribution in [3.8, 4) is 5.75 Å². The Hall–Kier alpha value is -1.20. The van der Waals surface area contributed by atoms with Crippen molar-refractivity contribution in [3.05, 3.63) is 29.8 Å². The van der Waals surface area contributed by atoms with Crippen LogP contribution in [0.2, 0.25) is 0 Å². The quantitative estimate of drug-likeness (QED) is 0.876. The third kappa shape index (κ3) is 3.17. The molecule has 1 heterocycles. The standard InChI is InChI=1S/C13H17NO3S/c1-2-17-10-5-3-9(4-6-10)12-14-11(13(15)16)7-8-18-12/h3-6,11-12,14H,2,7-8H2,1H3,(H,15,16). The molecule has 2 N–H and O–H groups in total. The van der Waals surface area contributed by atoms with Gasteiger partial charge in [0.1, 0.15) is 11.8 Å². The van der Waals surface area contributed by atoms with Crippen LogP contribution in [0.1, 0.15) is 24.3 Å². The Morgan fingerprint density at radius 1 is 1.50 bits per heavy atom. The van der Waals surface area contributed by atoms with Gasteiger partial charge >= 0.3 is 5.97 Å². The molecule has 1 fully saturated rings. The van der Waals surface area contributed by atoms with Crippen LogP contribution in [0.25, 0.3) is 0 Å². The third-order valence-corrected chi connectivity index (χ3v) is 4.05. The lowest BCUT2D eigenvalue weighted by Gasteiger charge is -2.28. The van der Waals surface area contributed by atoms with Gasteiger partial charge in [-0.15, -0.1) is 11.8 Å². The molecule has 2 atom stereocenters. The molecule has 1 aliphatic heterocycles. The number of benzene rings is 1. The van der Waals surface area contributed by atoms with Crippen molar-refractivity contribution in [2.24, 2.45) is 0 Å². The van der Waals surface area contributed by atoms with Crippen LogP contribution >= 0.6 is 11.8 Å². The zero-order valence-corrected chi connectivity index (χ0v) is 11.1. The summed E-state index contributed by atoms with van der Waals surface area (Å²) in [5, 5.41) is 12.2. The molecule has 5 heteroatoms. The van der Waals surface area contributed by atoms with E-state index in [4.69, 9.17) is 9.84 Å². The Labute approximate surface area is 111 Å². The molecule has 1 aromatic rings. The fraction of sp³-hybridized carbons (Fsp3) is 0.462. The van der Waals surface area contributed by atoms with Crippen molar-refractivity contribution in [1.29, 1.82) is 0 Å². The number of nitrogens with one attached hydrogen (secondary N) is 1. The van der Waals surface area contributed by atoms with E-state index >= 15 is 0 Å². The van der Waals surface area contributed by atoms with Crippen molar-refractivity contribution < 1.29 is 14.6 Å². The average Bonchev–Trinajstić information content (AvgIpc) is 2.40. The molecule has 1 aliphatic rings. The molecule has 0 bridgehead atoms. The van der Waals surface area contributed by atoms with Gasteiger partial charge in [0.15, 0.2) is 0 Å². The summed E-state index contributed by atoms with van der Waals surface area (Å²) in [4.78, 5) is 11.0. The fourth-order valence-electron chi connectivity index (χ4n) is 1.91. The van der Waals surface area contributed by atoms with E-state index in [1.165, 1.54) is 0 Å². The van der Waals surface area contributed by atoms with Gasteiger partial charge in [-0.2, -0.15) is 0 Å². The Balaban J connectivity index is 2.04. The van der Waals surface area contributed by atoms with Gasteiger partial charge in [0, 0.05) is 0 Å². The molecule has 1 aromatic carbocycles. The number of hydrogen-bond donors (Lipinski definition) is 2. The first-order valence-electron chi connectivity index (χ1n) is 6.04. The van der Waals surface area contributed by atoms with Crippen LogP contribution in [-0.2, 0) is 4.79 Å². The zero-order chi connectivity index (χ0) is 13.0. The molecule has 0 aliphatic carbocycles. The van der Waals surface area contributed by atoms with E-state index in [-0.39, 0.29) is 5.37 Å². The van der Waals surface area contributed by atoms with Gasteiger partial charge in [-0.05, 0) is 36.8 Å². The maximum atomic E-state index is 11.0. The molecule has 0 aromatic heterocycles. The molecule has 2 rings (SSSR count).